The molecule has 0 aliphatic heterocycles. The van der Waals surface area contributed by atoms with Crippen LogP contribution in [0.25, 0.3) is 0 Å². The number of carbonyl (C=O) groups is 4. The molecule has 0 bridgehead atoms. The van der Waals surface area contributed by atoms with Crippen LogP contribution in [-0.4, -0.2) is 52.3 Å². The Bertz CT molecular complexity index is 414. The Morgan fingerprint density at radius 3 is 2.14 bits per heavy atom. The van der Waals surface area contributed by atoms with Crippen molar-refractivity contribution in [3.05, 3.63) is 0 Å². The molecule has 21 heavy (non-hydrogen) atoms. The number of hydrogen-bond acceptors (Lipinski definition) is 5. The van der Waals surface area contributed by atoms with Crippen molar-refractivity contribution in [2.45, 2.75) is 45.3 Å². The van der Waals surface area contributed by atoms with E-state index in [4.69, 9.17) is 14.9 Å². The van der Waals surface area contributed by atoms with E-state index in [0.717, 1.165) is 0 Å². The Labute approximate surface area is 121 Å². The fourth-order valence-electron chi connectivity index (χ4n) is 1.24. The molecular weight excluding hydrogens is 284 g/mol. The van der Waals surface area contributed by atoms with E-state index in [2.05, 4.69) is 10.6 Å². The van der Waals surface area contributed by atoms with Gasteiger partial charge in [0.1, 0.15) is 18.2 Å². The van der Waals surface area contributed by atoms with E-state index in [-0.39, 0.29) is 6.42 Å². The van der Waals surface area contributed by atoms with E-state index in [0.29, 0.717) is 0 Å². The molecule has 0 aromatic carbocycles. The molecule has 0 spiro atoms. The summed E-state index contributed by atoms with van der Waals surface area (Å²) in [6.45, 7) is 4.49. The maximum Gasteiger partial charge on any atom is 0.408 e. The van der Waals surface area contributed by atoms with Gasteiger partial charge in [0.05, 0.1) is 0 Å². The molecule has 4 N–H and O–H groups in total. The molecule has 2 amide bonds. The number of hydrogen-bond donors (Lipinski definition) is 4. The summed E-state index contributed by atoms with van der Waals surface area (Å²) in [5.74, 6) is -3.26. The maximum atomic E-state index is 11.5. The average molecular weight is 304 g/mol. The molecule has 0 aliphatic rings. The van der Waals surface area contributed by atoms with Crippen molar-refractivity contribution >= 4 is 23.9 Å². The summed E-state index contributed by atoms with van der Waals surface area (Å²) in [6, 6.07) is -1.32. The minimum atomic E-state index is -1.35. The van der Waals surface area contributed by atoms with Crippen LogP contribution in [0.1, 0.15) is 33.6 Å². The van der Waals surface area contributed by atoms with Crippen molar-refractivity contribution in [3.8, 4) is 0 Å². The minimum absolute atomic E-state index is 0.247. The number of rotatable bonds is 7. The first-order chi connectivity index (χ1) is 9.51. The van der Waals surface area contributed by atoms with Gasteiger partial charge in [0, 0.05) is 6.42 Å². The Balaban J connectivity index is 4.23. The van der Waals surface area contributed by atoms with Gasteiger partial charge in [0.25, 0.3) is 0 Å². The minimum Gasteiger partial charge on any atom is -0.481 e. The number of nitrogens with one attached hydrogen (secondary N) is 2. The van der Waals surface area contributed by atoms with Gasteiger partial charge in [0.2, 0.25) is 5.91 Å². The predicted octanol–water partition coefficient (Wildman–Crippen LogP) is -0.0547. The van der Waals surface area contributed by atoms with E-state index in [9.17, 15) is 19.2 Å². The molecule has 0 heterocycles. The Morgan fingerprint density at radius 1 is 1.14 bits per heavy atom. The first-order valence-corrected chi connectivity index (χ1v) is 6.22. The summed E-state index contributed by atoms with van der Waals surface area (Å²) < 4.78 is 4.90. The molecular formula is C12H20N2O7. The highest BCUT2D eigenvalue weighted by atomic mass is 16.6. The van der Waals surface area contributed by atoms with Gasteiger partial charge in [-0.1, -0.05) is 0 Å². The van der Waals surface area contributed by atoms with Crippen LogP contribution >= 0.6 is 0 Å². The quantitative estimate of drug-likeness (QED) is 0.516. The van der Waals surface area contributed by atoms with Crippen molar-refractivity contribution in [3.63, 3.8) is 0 Å². The van der Waals surface area contributed by atoms with Crippen LogP contribution in [0.3, 0.4) is 0 Å². The van der Waals surface area contributed by atoms with Crippen LogP contribution in [0.2, 0.25) is 0 Å². The van der Waals surface area contributed by atoms with Gasteiger partial charge in [-0.25, -0.2) is 9.59 Å². The standard InChI is InChI=1S/C12H20N2O7/c1-12(2,3)21-11(20)13-6-8(15)14-7(10(18)19)4-5-9(16)17/h7H,4-6H2,1-3H3,(H,13,20)(H,14,15)(H,16,17)(H,18,19). The summed E-state index contributed by atoms with van der Waals surface area (Å²) in [5.41, 5.74) is -0.717. The molecule has 0 saturated carbocycles. The fraction of sp³-hybridized carbons (Fsp3) is 0.667. The summed E-state index contributed by atoms with van der Waals surface area (Å²) in [5, 5.41) is 21.6. The van der Waals surface area contributed by atoms with Gasteiger partial charge in [-0.3, -0.25) is 9.59 Å². The van der Waals surface area contributed by atoms with Gasteiger partial charge < -0.3 is 25.6 Å². The Hall–Kier alpha value is -2.32. The number of ether oxygens (including phenoxy) is 1. The smallest absolute Gasteiger partial charge is 0.408 e. The zero-order valence-corrected chi connectivity index (χ0v) is 12.1. The Kier molecular flexibility index (Phi) is 7.18. The van der Waals surface area contributed by atoms with Crippen LogP contribution in [0.15, 0.2) is 0 Å². The van der Waals surface area contributed by atoms with E-state index >= 15 is 0 Å². The van der Waals surface area contributed by atoms with E-state index in [1.807, 2.05) is 0 Å². The summed E-state index contributed by atoms with van der Waals surface area (Å²) in [4.78, 5) is 44.0. The zero-order chi connectivity index (χ0) is 16.6. The topological polar surface area (TPSA) is 142 Å². The molecule has 9 nitrogen and oxygen atoms in total. The van der Waals surface area contributed by atoms with Crippen molar-refractivity contribution in [2.24, 2.45) is 0 Å². The highest BCUT2D eigenvalue weighted by molar-refractivity contribution is 5.86. The number of amides is 2. The molecule has 1 unspecified atom stereocenters. The number of carbonyl (C=O) groups excluding carboxylic acids is 2. The maximum absolute atomic E-state index is 11.5. The molecule has 120 valence electrons. The molecule has 1 atom stereocenters. The second kappa shape index (κ2) is 8.08. The second-order valence-electron chi connectivity index (χ2n) is 5.25. The van der Waals surface area contributed by atoms with E-state index in [1.165, 1.54) is 0 Å². The molecule has 0 radical (unpaired) electrons. The van der Waals surface area contributed by atoms with Gasteiger partial charge in [-0.05, 0) is 27.2 Å². The molecule has 0 rings (SSSR count). The number of carboxylic acid groups (broad SMARTS) is 2. The lowest BCUT2D eigenvalue weighted by Crippen LogP contribution is -2.46. The van der Waals surface area contributed by atoms with Crippen LogP contribution in [0, 0.1) is 0 Å². The number of alkyl carbamates (subject to hydrolysis) is 1. The van der Waals surface area contributed by atoms with Crippen LogP contribution in [0.5, 0.6) is 0 Å². The lowest BCUT2D eigenvalue weighted by molar-refractivity contribution is -0.142. The van der Waals surface area contributed by atoms with Crippen LogP contribution < -0.4 is 10.6 Å². The van der Waals surface area contributed by atoms with Gasteiger partial charge in [0.15, 0.2) is 0 Å². The average Bonchev–Trinajstić information content (AvgIpc) is 2.29. The molecule has 0 saturated heterocycles. The largest absolute Gasteiger partial charge is 0.481 e. The molecule has 9 heteroatoms. The molecule has 0 aliphatic carbocycles. The zero-order valence-electron chi connectivity index (χ0n) is 12.1. The first-order valence-electron chi connectivity index (χ1n) is 6.22. The summed E-state index contributed by atoms with van der Waals surface area (Å²) in [7, 11) is 0. The van der Waals surface area contributed by atoms with Crippen molar-refractivity contribution in [2.75, 3.05) is 6.54 Å². The summed E-state index contributed by atoms with van der Waals surface area (Å²) in [6.07, 6.45) is -1.45. The predicted molar refractivity (Wildman–Crippen MR) is 70.7 cm³/mol. The summed E-state index contributed by atoms with van der Waals surface area (Å²) >= 11 is 0. The van der Waals surface area contributed by atoms with E-state index in [1.54, 1.807) is 20.8 Å². The van der Waals surface area contributed by atoms with Crippen molar-refractivity contribution < 1.29 is 34.1 Å². The first kappa shape index (κ1) is 18.7. The molecule has 0 aromatic rings. The van der Waals surface area contributed by atoms with Crippen molar-refractivity contribution in [1.82, 2.24) is 10.6 Å². The van der Waals surface area contributed by atoms with Crippen LogP contribution in [-0.2, 0) is 19.1 Å². The third-order valence-electron chi connectivity index (χ3n) is 2.07. The molecule has 0 fully saturated rings. The second-order valence-corrected chi connectivity index (χ2v) is 5.25. The van der Waals surface area contributed by atoms with E-state index < -0.39 is 48.5 Å². The van der Waals surface area contributed by atoms with Gasteiger partial charge in [-0.15, -0.1) is 0 Å². The highest BCUT2D eigenvalue weighted by Gasteiger charge is 2.22. The SMILES string of the molecule is CC(C)(C)OC(=O)NCC(=O)NC(CCC(=O)O)C(=O)O. The lowest BCUT2D eigenvalue weighted by Gasteiger charge is -2.20. The number of aliphatic carboxylic acids is 2. The monoisotopic (exact) mass is 304 g/mol. The highest BCUT2D eigenvalue weighted by Crippen LogP contribution is 2.06. The van der Waals surface area contributed by atoms with Gasteiger partial charge in [-0.2, -0.15) is 0 Å². The Morgan fingerprint density at radius 2 is 1.71 bits per heavy atom. The van der Waals surface area contributed by atoms with Crippen LogP contribution in [0.4, 0.5) is 4.79 Å². The lowest BCUT2D eigenvalue weighted by atomic mass is 10.1. The molecule has 0 aromatic heterocycles. The normalized spacial score (nSPS) is 12.1. The van der Waals surface area contributed by atoms with Gasteiger partial charge >= 0.3 is 18.0 Å². The number of carboxylic acids is 2. The third-order valence-corrected chi connectivity index (χ3v) is 2.07. The third kappa shape index (κ3) is 10.2. The fourth-order valence-corrected chi connectivity index (χ4v) is 1.24. The van der Waals surface area contributed by atoms with Crippen molar-refractivity contribution in [1.29, 1.82) is 0 Å².